The molecular formula is C15H20N2O4. The van der Waals surface area contributed by atoms with Gasteiger partial charge in [0.15, 0.2) is 0 Å². The first-order chi connectivity index (χ1) is 10.1. The molecule has 2 rings (SSSR count). The van der Waals surface area contributed by atoms with E-state index < -0.39 is 5.97 Å². The third-order valence-corrected chi connectivity index (χ3v) is 3.26. The number of carboxylic acid groups (broad SMARTS) is 1. The van der Waals surface area contributed by atoms with E-state index in [1.807, 2.05) is 31.2 Å². The quantitative estimate of drug-likeness (QED) is 0.923. The van der Waals surface area contributed by atoms with Crippen LogP contribution in [0.2, 0.25) is 0 Å². The zero-order valence-corrected chi connectivity index (χ0v) is 12.1. The van der Waals surface area contributed by atoms with Crippen molar-refractivity contribution in [2.45, 2.75) is 19.8 Å². The fraction of sp³-hybridized carbons (Fsp3) is 0.467. The number of carboxylic acids is 1. The highest BCUT2D eigenvalue weighted by Gasteiger charge is 2.26. The van der Waals surface area contributed by atoms with Gasteiger partial charge in [-0.1, -0.05) is 19.1 Å². The smallest absolute Gasteiger partial charge is 0.325 e. The van der Waals surface area contributed by atoms with E-state index in [2.05, 4.69) is 0 Å². The van der Waals surface area contributed by atoms with Crippen molar-refractivity contribution >= 4 is 17.7 Å². The van der Waals surface area contributed by atoms with E-state index in [4.69, 9.17) is 9.84 Å². The van der Waals surface area contributed by atoms with Gasteiger partial charge in [-0.3, -0.25) is 9.69 Å². The summed E-state index contributed by atoms with van der Waals surface area (Å²) in [5.74, 6) is -0.341. The maximum atomic E-state index is 12.7. The number of hydrogen-bond acceptors (Lipinski definition) is 3. The van der Waals surface area contributed by atoms with E-state index in [1.165, 1.54) is 4.90 Å². The summed E-state index contributed by atoms with van der Waals surface area (Å²) in [6.07, 6.45) is 1.43. The van der Waals surface area contributed by atoms with Crippen molar-refractivity contribution in [1.29, 1.82) is 0 Å². The molecule has 21 heavy (non-hydrogen) atoms. The molecule has 0 atom stereocenters. The summed E-state index contributed by atoms with van der Waals surface area (Å²) in [5.41, 5.74) is 0.700. The summed E-state index contributed by atoms with van der Waals surface area (Å²) < 4.78 is 5.62. The van der Waals surface area contributed by atoms with Crippen LogP contribution in [0.15, 0.2) is 24.3 Å². The van der Waals surface area contributed by atoms with Gasteiger partial charge >= 0.3 is 12.0 Å². The molecule has 1 aromatic carbocycles. The maximum Gasteiger partial charge on any atom is 0.325 e. The van der Waals surface area contributed by atoms with Gasteiger partial charge < -0.3 is 14.7 Å². The molecule has 1 aliphatic rings. The van der Waals surface area contributed by atoms with Gasteiger partial charge in [-0.15, -0.1) is 0 Å². The van der Waals surface area contributed by atoms with Crippen molar-refractivity contribution < 1.29 is 19.4 Å². The highest BCUT2D eigenvalue weighted by atomic mass is 16.5. The van der Waals surface area contributed by atoms with Crippen molar-refractivity contribution in [2.75, 3.05) is 31.1 Å². The van der Waals surface area contributed by atoms with E-state index in [1.54, 1.807) is 4.90 Å². The Labute approximate surface area is 123 Å². The number of para-hydroxylation sites is 2. The Balaban J connectivity index is 2.26. The van der Waals surface area contributed by atoms with Crippen LogP contribution in [0.4, 0.5) is 10.5 Å². The number of carbonyl (C=O) groups excluding carboxylic acids is 1. The van der Waals surface area contributed by atoms with Gasteiger partial charge in [-0.25, -0.2) is 4.79 Å². The van der Waals surface area contributed by atoms with Gasteiger partial charge in [0.25, 0.3) is 0 Å². The molecule has 1 aromatic rings. The topological polar surface area (TPSA) is 70.1 Å². The van der Waals surface area contributed by atoms with Gasteiger partial charge in [0, 0.05) is 13.1 Å². The zero-order valence-electron chi connectivity index (χ0n) is 12.1. The molecule has 0 unspecified atom stereocenters. The number of nitrogens with zero attached hydrogens (tertiary/aromatic N) is 2. The molecule has 0 radical (unpaired) electrons. The Morgan fingerprint density at radius 3 is 2.86 bits per heavy atom. The summed E-state index contributed by atoms with van der Waals surface area (Å²) in [6, 6.07) is 7.06. The highest BCUT2D eigenvalue weighted by Crippen LogP contribution is 2.31. The Morgan fingerprint density at radius 2 is 2.14 bits per heavy atom. The van der Waals surface area contributed by atoms with Crippen LogP contribution in [0, 0.1) is 0 Å². The zero-order chi connectivity index (χ0) is 15.2. The number of urea groups is 1. The number of anilines is 1. The Bertz CT molecular complexity index is 518. The Morgan fingerprint density at radius 1 is 1.38 bits per heavy atom. The monoisotopic (exact) mass is 292 g/mol. The first-order valence-electron chi connectivity index (χ1n) is 7.13. The standard InChI is InChI=1S/C15H20N2O4/c1-2-8-16(11-14(18)19)15(20)17-9-5-10-21-13-7-4-3-6-12(13)17/h3-4,6-7H,2,5,8-11H2,1H3,(H,18,19). The van der Waals surface area contributed by atoms with E-state index in [0.29, 0.717) is 44.0 Å². The number of hydrogen-bond donors (Lipinski definition) is 1. The van der Waals surface area contributed by atoms with Crippen LogP contribution >= 0.6 is 0 Å². The molecule has 6 heteroatoms. The number of fused-ring (bicyclic) bond motifs is 1. The van der Waals surface area contributed by atoms with Crippen LogP contribution < -0.4 is 9.64 Å². The largest absolute Gasteiger partial charge is 0.491 e. The third-order valence-electron chi connectivity index (χ3n) is 3.26. The highest BCUT2D eigenvalue weighted by molar-refractivity contribution is 5.95. The average molecular weight is 292 g/mol. The first kappa shape index (κ1) is 15.2. The number of benzene rings is 1. The second-order valence-corrected chi connectivity index (χ2v) is 4.92. The SMILES string of the molecule is CCCN(CC(=O)O)C(=O)N1CCCOc2ccccc21. The molecule has 0 aliphatic carbocycles. The Kier molecular flexibility index (Phi) is 5.03. The number of ether oxygens (including phenoxy) is 1. The molecule has 0 saturated carbocycles. The second-order valence-electron chi connectivity index (χ2n) is 4.92. The summed E-state index contributed by atoms with van der Waals surface area (Å²) in [6.45, 7) is 3.13. The lowest BCUT2D eigenvalue weighted by atomic mass is 10.2. The number of amides is 2. The minimum absolute atomic E-state index is 0.280. The molecule has 0 saturated heterocycles. The van der Waals surface area contributed by atoms with E-state index in [9.17, 15) is 9.59 Å². The number of aliphatic carboxylic acids is 1. The molecule has 6 nitrogen and oxygen atoms in total. The van der Waals surface area contributed by atoms with E-state index >= 15 is 0 Å². The van der Waals surface area contributed by atoms with Crippen molar-refractivity contribution in [3.8, 4) is 5.75 Å². The van der Waals surface area contributed by atoms with E-state index in [-0.39, 0.29) is 12.6 Å². The van der Waals surface area contributed by atoms with Gasteiger partial charge in [0.1, 0.15) is 12.3 Å². The third kappa shape index (κ3) is 3.65. The van der Waals surface area contributed by atoms with Gasteiger partial charge in [-0.05, 0) is 25.0 Å². The summed E-state index contributed by atoms with van der Waals surface area (Å²) in [4.78, 5) is 26.6. The summed E-state index contributed by atoms with van der Waals surface area (Å²) >= 11 is 0. The molecular weight excluding hydrogens is 272 g/mol. The molecule has 0 spiro atoms. The van der Waals surface area contributed by atoms with Crippen molar-refractivity contribution in [3.05, 3.63) is 24.3 Å². The lowest BCUT2D eigenvalue weighted by molar-refractivity contribution is -0.137. The number of carbonyl (C=O) groups is 2. The summed E-state index contributed by atoms with van der Waals surface area (Å²) in [5, 5.41) is 8.97. The Hall–Kier alpha value is -2.24. The minimum Gasteiger partial charge on any atom is -0.491 e. The number of rotatable bonds is 4. The molecule has 1 heterocycles. The van der Waals surface area contributed by atoms with Crippen LogP contribution in [-0.4, -0.2) is 48.2 Å². The van der Waals surface area contributed by atoms with Crippen molar-refractivity contribution in [2.24, 2.45) is 0 Å². The van der Waals surface area contributed by atoms with Crippen LogP contribution in [-0.2, 0) is 4.79 Å². The van der Waals surface area contributed by atoms with Crippen LogP contribution in [0.3, 0.4) is 0 Å². The van der Waals surface area contributed by atoms with Gasteiger partial charge in [0.2, 0.25) is 0 Å². The minimum atomic E-state index is -1.00. The molecule has 0 aromatic heterocycles. The molecule has 2 amide bonds. The molecule has 0 bridgehead atoms. The fourth-order valence-electron chi connectivity index (χ4n) is 2.37. The van der Waals surface area contributed by atoms with Crippen LogP contribution in [0.1, 0.15) is 19.8 Å². The predicted molar refractivity (Wildman–Crippen MR) is 78.8 cm³/mol. The predicted octanol–water partition coefficient (Wildman–Crippen LogP) is 2.19. The molecule has 1 N–H and O–H groups in total. The van der Waals surface area contributed by atoms with E-state index in [0.717, 1.165) is 0 Å². The maximum absolute atomic E-state index is 12.7. The van der Waals surface area contributed by atoms with Gasteiger partial charge in [-0.2, -0.15) is 0 Å². The molecule has 0 fully saturated rings. The van der Waals surface area contributed by atoms with Crippen molar-refractivity contribution in [3.63, 3.8) is 0 Å². The van der Waals surface area contributed by atoms with Crippen LogP contribution in [0.25, 0.3) is 0 Å². The molecule has 1 aliphatic heterocycles. The van der Waals surface area contributed by atoms with Crippen molar-refractivity contribution in [1.82, 2.24) is 4.90 Å². The molecule has 114 valence electrons. The normalized spacial score (nSPS) is 13.9. The summed E-state index contributed by atoms with van der Waals surface area (Å²) in [7, 11) is 0. The fourth-order valence-corrected chi connectivity index (χ4v) is 2.37. The van der Waals surface area contributed by atoms with Gasteiger partial charge in [0.05, 0.1) is 12.3 Å². The second kappa shape index (κ2) is 6.97. The average Bonchev–Trinajstić information content (AvgIpc) is 2.68. The lowest BCUT2D eigenvalue weighted by Crippen LogP contribution is -2.46. The van der Waals surface area contributed by atoms with Crippen LogP contribution in [0.5, 0.6) is 5.75 Å². The lowest BCUT2D eigenvalue weighted by Gasteiger charge is -2.29. The first-order valence-corrected chi connectivity index (χ1v) is 7.13.